The van der Waals surface area contributed by atoms with Gasteiger partial charge in [0.25, 0.3) is 5.91 Å². The van der Waals surface area contributed by atoms with Crippen LogP contribution < -0.4 is 0 Å². The first-order valence-corrected chi connectivity index (χ1v) is 11.6. The van der Waals surface area contributed by atoms with Crippen molar-refractivity contribution in [3.8, 4) is 5.69 Å². The van der Waals surface area contributed by atoms with Gasteiger partial charge in [-0.15, -0.1) is 0 Å². The first kappa shape index (κ1) is 22.5. The fraction of sp³-hybridized carbons (Fsp3) is 0.304. The van der Waals surface area contributed by atoms with E-state index in [1.165, 1.54) is 22.8 Å². The Morgan fingerprint density at radius 1 is 1.25 bits per heavy atom. The number of halogens is 2. The molecule has 0 saturated heterocycles. The summed E-state index contributed by atoms with van der Waals surface area (Å²) >= 11 is 7.32. The van der Waals surface area contributed by atoms with Gasteiger partial charge in [-0.1, -0.05) is 31.4 Å². The number of nitrogens with one attached hydrogen (secondary N) is 1. The van der Waals surface area contributed by atoms with Gasteiger partial charge in [0.1, 0.15) is 10.9 Å². The molecule has 0 atom stereocenters. The molecule has 0 aliphatic carbocycles. The predicted molar refractivity (Wildman–Crippen MR) is 129 cm³/mol. The number of amidine groups is 2. The van der Waals surface area contributed by atoms with Crippen LogP contribution in [0.5, 0.6) is 0 Å². The molecule has 2 aromatic rings. The van der Waals surface area contributed by atoms with Crippen molar-refractivity contribution in [2.24, 2.45) is 10.1 Å². The number of hydrazone groups is 1. The van der Waals surface area contributed by atoms with E-state index in [4.69, 9.17) is 17.0 Å². The summed E-state index contributed by atoms with van der Waals surface area (Å²) in [5.41, 5.74) is 3.41. The van der Waals surface area contributed by atoms with Gasteiger partial charge in [-0.3, -0.25) is 10.2 Å². The van der Waals surface area contributed by atoms with Crippen LogP contribution in [0.15, 0.2) is 39.9 Å². The number of aryl methyl sites for hydroxylation is 1. The molecular formula is C23H23ClFN5OS. The quantitative estimate of drug-likeness (QED) is 0.409. The highest BCUT2D eigenvalue weighted by molar-refractivity contribution is 8.26. The van der Waals surface area contributed by atoms with Crippen molar-refractivity contribution in [3.63, 3.8) is 0 Å². The molecule has 2 aliphatic heterocycles. The number of carbonyl (C=O) groups is 1. The summed E-state index contributed by atoms with van der Waals surface area (Å²) in [6.45, 7) is 5.96. The average molecular weight is 472 g/mol. The summed E-state index contributed by atoms with van der Waals surface area (Å²) in [6, 6.07) is 6.46. The van der Waals surface area contributed by atoms with Crippen LogP contribution in [0.1, 0.15) is 49.6 Å². The Bertz CT molecular complexity index is 1210. The number of thioether (sulfide) groups is 1. The molecular weight excluding hydrogens is 449 g/mol. The zero-order chi connectivity index (χ0) is 23.0. The second kappa shape index (κ2) is 9.03. The summed E-state index contributed by atoms with van der Waals surface area (Å²) in [4.78, 5) is 16.9. The van der Waals surface area contributed by atoms with E-state index in [0.717, 1.165) is 53.4 Å². The standard InChI is InChI=1S/C23H23ClFN5OS/c1-4-5-6-7-20-28-30-21(26)17(22(31)27-23(30)32-20)11-15-10-13(2)29(14(15)3)16-8-9-19(25)18(24)12-16/h8-12,26H,4-7H2,1-3H3/b17-11+,26-21?. The number of rotatable bonds is 6. The summed E-state index contributed by atoms with van der Waals surface area (Å²) in [5.74, 6) is -0.908. The van der Waals surface area contributed by atoms with Crippen molar-refractivity contribution >= 4 is 51.4 Å². The van der Waals surface area contributed by atoms with Gasteiger partial charge >= 0.3 is 0 Å². The Morgan fingerprint density at radius 2 is 2.03 bits per heavy atom. The van der Waals surface area contributed by atoms with Crippen molar-refractivity contribution in [3.05, 3.63) is 57.6 Å². The Morgan fingerprint density at radius 3 is 2.75 bits per heavy atom. The summed E-state index contributed by atoms with van der Waals surface area (Å²) in [5, 5.41) is 15.9. The van der Waals surface area contributed by atoms with Crippen molar-refractivity contribution in [1.29, 1.82) is 5.41 Å². The molecule has 2 aliphatic rings. The normalized spacial score (nSPS) is 17.2. The minimum Gasteiger partial charge on any atom is -0.318 e. The molecule has 0 bridgehead atoms. The van der Waals surface area contributed by atoms with Crippen LogP contribution in [0, 0.1) is 25.1 Å². The highest BCUT2D eigenvalue weighted by atomic mass is 35.5. The molecule has 3 heterocycles. The van der Waals surface area contributed by atoms with Gasteiger partial charge in [-0.25, -0.2) is 4.39 Å². The largest absolute Gasteiger partial charge is 0.318 e. The van der Waals surface area contributed by atoms with Crippen LogP contribution in [0.3, 0.4) is 0 Å². The van der Waals surface area contributed by atoms with Crippen molar-refractivity contribution in [1.82, 2.24) is 9.58 Å². The third kappa shape index (κ3) is 4.17. The second-order valence-electron chi connectivity index (χ2n) is 7.73. The number of aliphatic imine (C=N–C) groups is 1. The first-order valence-electron chi connectivity index (χ1n) is 10.4. The fourth-order valence-corrected chi connectivity index (χ4v) is 4.87. The molecule has 32 heavy (non-hydrogen) atoms. The topological polar surface area (TPSA) is 73.8 Å². The monoisotopic (exact) mass is 471 g/mol. The lowest BCUT2D eigenvalue weighted by molar-refractivity contribution is -0.114. The minimum atomic E-state index is -0.478. The molecule has 4 rings (SSSR count). The third-order valence-corrected chi connectivity index (χ3v) is 6.68. The van der Waals surface area contributed by atoms with E-state index in [1.807, 2.05) is 24.5 Å². The van der Waals surface area contributed by atoms with Crippen molar-refractivity contribution < 1.29 is 9.18 Å². The molecule has 1 N–H and O–H groups in total. The number of fused-ring (bicyclic) bond motifs is 1. The molecule has 9 heteroatoms. The van der Waals surface area contributed by atoms with Crippen LogP contribution in [0.2, 0.25) is 5.02 Å². The molecule has 0 saturated carbocycles. The SMILES string of the molecule is CCCCCC1=NN2C(=N)/C(=C\c3cc(C)n(-c4ccc(F)c(Cl)c4)c3C)C(=O)N=C2S1. The second-order valence-corrected chi connectivity index (χ2v) is 9.18. The smallest absolute Gasteiger partial charge is 0.283 e. The maximum absolute atomic E-state index is 13.6. The van der Waals surface area contributed by atoms with Crippen LogP contribution >= 0.6 is 23.4 Å². The number of hydrogen-bond donors (Lipinski definition) is 1. The number of unbranched alkanes of at least 4 members (excludes halogenated alkanes) is 2. The molecule has 6 nitrogen and oxygen atoms in total. The summed E-state index contributed by atoms with van der Waals surface area (Å²) in [7, 11) is 0. The van der Waals surface area contributed by atoms with Crippen LogP contribution in [-0.2, 0) is 4.79 Å². The van der Waals surface area contributed by atoms with E-state index < -0.39 is 11.7 Å². The number of carbonyl (C=O) groups excluding carboxylic acids is 1. The molecule has 0 fully saturated rings. The van der Waals surface area contributed by atoms with Crippen LogP contribution in [-0.4, -0.2) is 31.5 Å². The molecule has 0 spiro atoms. The Hall–Kier alpha value is -2.71. The molecule has 1 aromatic carbocycles. The maximum Gasteiger partial charge on any atom is 0.283 e. The average Bonchev–Trinajstić information content (AvgIpc) is 3.27. The van der Waals surface area contributed by atoms with Crippen LogP contribution in [0.4, 0.5) is 4.39 Å². The van der Waals surface area contributed by atoms with E-state index >= 15 is 0 Å². The molecule has 166 valence electrons. The highest BCUT2D eigenvalue weighted by Gasteiger charge is 2.35. The van der Waals surface area contributed by atoms with E-state index in [2.05, 4.69) is 17.0 Å². The Kier molecular flexibility index (Phi) is 6.35. The number of benzene rings is 1. The highest BCUT2D eigenvalue weighted by Crippen LogP contribution is 2.31. The molecule has 0 unspecified atom stereocenters. The molecule has 1 aromatic heterocycles. The maximum atomic E-state index is 13.6. The van der Waals surface area contributed by atoms with E-state index in [9.17, 15) is 9.18 Å². The lowest BCUT2D eigenvalue weighted by Crippen LogP contribution is -2.35. The zero-order valence-electron chi connectivity index (χ0n) is 18.1. The van der Waals surface area contributed by atoms with E-state index in [1.54, 1.807) is 18.2 Å². The number of aromatic nitrogens is 1. The van der Waals surface area contributed by atoms with Crippen LogP contribution in [0.25, 0.3) is 11.8 Å². The van der Waals surface area contributed by atoms with Gasteiger partial charge in [0.05, 0.1) is 10.6 Å². The molecule has 0 radical (unpaired) electrons. The zero-order valence-corrected chi connectivity index (χ0v) is 19.6. The fourth-order valence-electron chi connectivity index (χ4n) is 3.77. The Labute approximate surface area is 195 Å². The van der Waals surface area contributed by atoms with Gasteiger partial charge in [0.2, 0.25) is 5.17 Å². The van der Waals surface area contributed by atoms with E-state index in [0.29, 0.717) is 5.17 Å². The van der Waals surface area contributed by atoms with Gasteiger partial charge < -0.3 is 4.57 Å². The van der Waals surface area contributed by atoms with E-state index in [-0.39, 0.29) is 16.4 Å². The van der Waals surface area contributed by atoms with Gasteiger partial charge in [0.15, 0.2) is 5.84 Å². The minimum absolute atomic E-state index is 0.0209. The molecule has 1 amide bonds. The van der Waals surface area contributed by atoms with Crippen molar-refractivity contribution in [2.45, 2.75) is 46.5 Å². The first-order chi connectivity index (χ1) is 15.3. The van der Waals surface area contributed by atoms with Crippen molar-refractivity contribution in [2.75, 3.05) is 0 Å². The van der Waals surface area contributed by atoms with Gasteiger partial charge in [0, 0.05) is 17.1 Å². The lowest BCUT2D eigenvalue weighted by Gasteiger charge is -2.20. The number of amides is 1. The number of hydrogen-bond acceptors (Lipinski definition) is 4. The third-order valence-electron chi connectivity index (χ3n) is 5.42. The van der Waals surface area contributed by atoms with Gasteiger partial charge in [-0.05, 0) is 74.4 Å². The van der Waals surface area contributed by atoms with Gasteiger partial charge in [-0.2, -0.15) is 15.1 Å². The predicted octanol–water partition coefficient (Wildman–Crippen LogP) is 6.09. The summed E-state index contributed by atoms with van der Waals surface area (Å²) < 4.78 is 15.5. The number of nitrogens with zero attached hydrogens (tertiary/aromatic N) is 4. The summed E-state index contributed by atoms with van der Waals surface area (Å²) in [6.07, 6.45) is 5.74. The Balaban J connectivity index is 1.65. The lowest BCUT2D eigenvalue weighted by atomic mass is 10.1.